The zero-order valence-corrected chi connectivity index (χ0v) is 13.0. The number of furan rings is 1. The third-order valence-electron chi connectivity index (χ3n) is 3.25. The van der Waals surface area contributed by atoms with Gasteiger partial charge in [0.1, 0.15) is 16.3 Å². The Morgan fingerprint density at radius 3 is 2.60 bits per heavy atom. The van der Waals surface area contributed by atoms with Gasteiger partial charge >= 0.3 is 11.9 Å². The molecule has 0 aliphatic carbocycles. The fraction of sp³-hybridized carbons (Fsp3) is 0. The molecule has 1 saturated heterocycles. The Bertz CT molecular complexity index is 948. The second-order valence-corrected chi connectivity index (χ2v) is 5.31. The number of hydrogen-bond acceptors (Lipinski definition) is 6. The minimum absolute atomic E-state index is 0.0782. The van der Waals surface area contributed by atoms with E-state index in [-0.39, 0.29) is 11.4 Å². The van der Waals surface area contributed by atoms with Crippen LogP contribution in [0.5, 0.6) is 0 Å². The van der Waals surface area contributed by atoms with Crippen molar-refractivity contribution in [1.82, 2.24) is 5.32 Å². The van der Waals surface area contributed by atoms with Crippen LogP contribution >= 0.6 is 11.6 Å². The first-order chi connectivity index (χ1) is 11.9. The highest BCUT2D eigenvalue weighted by atomic mass is 35.5. The van der Waals surface area contributed by atoms with Gasteiger partial charge in [-0.3, -0.25) is 25.0 Å². The molecule has 1 N–H and O–H groups in total. The van der Waals surface area contributed by atoms with Gasteiger partial charge in [0, 0.05) is 5.02 Å². The van der Waals surface area contributed by atoms with E-state index >= 15 is 0 Å². The number of amides is 4. The van der Waals surface area contributed by atoms with Gasteiger partial charge in [0.25, 0.3) is 11.8 Å². The third-order valence-corrected chi connectivity index (χ3v) is 3.48. The highest BCUT2D eigenvalue weighted by Crippen LogP contribution is 2.25. The maximum atomic E-state index is 12.6. The molecule has 3 rings (SSSR count). The number of carbonyl (C=O) groups excluding carboxylic acids is 3. The summed E-state index contributed by atoms with van der Waals surface area (Å²) in [4.78, 5) is 47.1. The van der Waals surface area contributed by atoms with Crippen LogP contribution in [0, 0.1) is 10.1 Å². The van der Waals surface area contributed by atoms with Crippen LogP contribution in [0.15, 0.2) is 46.4 Å². The number of urea groups is 1. The van der Waals surface area contributed by atoms with Crippen molar-refractivity contribution in [2.45, 2.75) is 0 Å². The Morgan fingerprint density at radius 2 is 1.96 bits per heavy atom. The number of barbiturate groups is 1. The molecular formula is C15H8ClN3O6. The van der Waals surface area contributed by atoms with E-state index < -0.39 is 34.2 Å². The Morgan fingerprint density at radius 1 is 1.20 bits per heavy atom. The summed E-state index contributed by atoms with van der Waals surface area (Å²) in [5, 5.41) is 12.9. The molecule has 1 fully saturated rings. The smallest absolute Gasteiger partial charge is 0.401 e. The van der Waals surface area contributed by atoms with Crippen molar-refractivity contribution in [3.63, 3.8) is 0 Å². The summed E-state index contributed by atoms with van der Waals surface area (Å²) in [6.45, 7) is 0. The Balaban J connectivity index is 2.00. The molecule has 126 valence electrons. The molecule has 0 atom stereocenters. The topological polar surface area (TPSA) is 123 Å². The first-order valence-electron chi connectivity index (χ1n) is 6.78. The van der Waals surface area contributed by atoms with E-state index in [2.05, 4.69) is 0 Å². The Labute approximate surface area is 144 Å². The summed E-state index contributed by atoms with van der Waals surface area (Å²) >= 11 is 5.86. The molecule has 1 aliphatic heterocycles. The number of imide groups is 2. The molecule has 25 heavy (non-hydrogen) atoms. The molecular weight excluding hydrogens is 354 g/mol. The SMILES string of the molecule is O=C1NC(=O)N(c2cccc(Cl)c2)C(=O)/C1=C\c1ccc([N+](=O)[O-])o1. The maximum absolute atomic E-state index is 12.6. The fourth-order valence-corrected chi connectivity index (χ4v) is 2.35. The first kappa shape index (κ1) is 16.4. The summed E-state index contributed by atoms with van der Waals surface area (Å²) < 4.78 is 4.90. The molecule has 2 aromatic rings. The van der Waals surface area contributed by atoms with Crippen molar-refractivity contribution in [3.8, 4) is 0 Å². The minimum atomic E-state index is -0.938. The standard InChI is InChI=1S/C15H8ClN3O6/c16-8-2-1-3-9(6-8)18-14(21)11(13(20)17-15(18)22)7-10-4-5-12(25-10)19(23)24/h1-7H,(H,17,20,22)/b11-7-. The molecule has 1 aromatic heterocycles. The molecule has 0 unspecified atom stereocenters. The van der Waals surface area contributed by atoms with Crippen LogP contribution < -0.4 is 10.2 Å². The number of anilines is 1. The molecule has 10 heteroatoms. The molecule has 0 spiro atoms. The number of rotatable bonds is 3. The fourth-order valence-electron chi connectivity index (χ4n) is 2.17. The predicted molar refractivity (Wildman–Crippen MR) is 85.8 cm³/mol. The number of nitrogens with one attached hydrogen (secondary N) is 1. The number of benzene rings is 1. The van der Waals surface area contributed by atoms with Crippen LogP contribution in [-0.2, 0) is 9.59 Å². The maximum Gasteiger partial charge on any atom is 0.433 e. The van der Waals surface area contributed by atoms with Crippen LogP contribution in [-0.4, -0.2) is 22.8 Å². The molecule has 4 amide bonds. The van der Waals surface area contributed by atoms with Gasteiger partial charge in [0.05, 0.1) is 11.8 Å². The number of carbonyl (C=O) groups is 3. The first-order valence-corrected chi connectivity index (χ1v) is 7.16. The summed E-state index contributed by atoms with van der Waals surface area (Å²) in [5.41, 5.74) is -0.248. The average Bonchev–Trinajstić information content (AvgIpc) is 3.00. The van der Waals surface area contributed by atoms with Crippen LogP contribution in [0.25, 0.3) is 6.08 Å². The molecule has 9 nitrogen and oxygen atoms in total. The summed E-state index contributed by atoms with van der Waals surface area (Å²) in [5.74, 6) is -2.47. The third kappa shape index (κ3) is 3.12. The van der Waals surface area contributed by atoms with Crippen molar-refractivity contribution in [2.24, 2.45) is 0 Å². The lowest BCUT2D eigenvalue weighted by molar-refractivity contribution is -0.402. The van der Waals surface area contributed by atoms with Gasteiger partial charge in [-0.1, -0.05) is 17.7 Å². The second kappa shape index (κ2) is 6.21. The van der Waals surface area contributed by atoms with Gasteiger partial charge in [0.15, 0.2) is 0 Å². The lowest BCUT2D eigenvalue weighted by atomic mass is 10.1. The highest BCUT2D eigenvalue weighted by molar-refractivity contribution is 6.39. The molecule has 1 aliphatic rings. The van der Waals surface area contributed by atoms with E-state index in [1.54, 1.807) is 6.07 Å². The molecule has 1 aromatic carbocycles. The second-order valence-electron chi connectivity index (χ2n) is 4.87. The van der Waals surface area contributed by atoms with Gasteiger partial charge in [-0.15, -0.1) is 0 Å². The van der Waals surface area contributed by atoms with Crippen molar-refractivity contribution < 1.29 is 23.7 Å². The number of hydrogen-bond donors (Lipinski definition) is 1. The lowest BCUT2D eigenvalue weighted by Gasteiger charge is -2.26. The van der Waals surface area contributed by atoms with Gasteiger partial charge in [0.2, 0.25) is 0 Å². The van der Waals surface area contributed by atoms with E-state index in [1.807, 2.05) is 5.32 Å². The highest BCUT2D eigenvalue weighted by Gasteiger charge is 2.37. The summed E-state index contributed by atoms with van der Waals surface area (Å²) in [6, 6.07) is 7.32. The van der Waals surface area contributed by atoms with Gasteiger partial charge in [-0.05, 0) is 30.3 Å². The molecule has 0 radical (unpaired) electrons. The van der Waals surface area contributed by atoms with Crippen LogP contribution in [0.4, 0.5) is 16.4 Å². The zero-order valence-electron chi connectivity index (χ0n) is 12.3. The van der Waals surface area contributed by atoms with Crippen LogP contribution in [0.2, 0.25) is 5.02 Å². The predicted octanol–water partition coefficient (Wildman–Crippen LogP) is 2.51. The monoisotopic (exact) mass is 361 g/mol. The van der Waals surface area contributed by atoms with E-state index in [4.69, 9.17) is 16.0 Å². The van der Waals surface area contributed by atoms with Crippen molar-refractivity contribution in [1.29, 1.82) is 0 Å². The van der Waals surface area contributed by atoms with Crippen LogP contribution in [0.1, 0.15) is 5.76 Å². The van der Waals surface area contributed by atoms with Crippen molar-refractivity contribution in [3.05, 3.63) is 62.9 Å². The minimum Gasteiger partial charge on any atom is -0.401 e. The van der Waals surface area contributed by atoms with Crippen LogP contribution in [0.3, 0.4) is 0 Å². The molecule has 0 saturated carbocycles. The van der Waals surface area contributed by atoms with E-state index in [0.29, 0.717) is 5.02 Å². The number of halogens is 1. The van der Waals surface area contributed by atoms with E-state index in [0.717, 1.165) is 17.0 Å². The Hall–Kier alpha value is -3.46. The summed E-state index contributed by atoms with van der Waals surface area (Å²) in [7, 11) is 0. The number of nitrogens with zero attached hydrogens (tertiary/aromatic N) is 2. The van der Waals surface area contributed by atoms with Gasteiger partial charge < -0.3 is 4.42 Å². The zero-order chi connectivity index (χ0) is 18.1. The molecule has 0 bridgehead atoms. The lowest BCUT2D eigenvalue weighted by Crippen LogP contribution is -2.54. The average molecular weight is 362 g/mol. The molecule has 2 heterocycles. The van der Waals surface area contributed by atoms with Gasteiger partial charge in [-0.2, -0.15) is 0 Å². The number of nitro groups is 1. The Kier molecular flexibility index (Phi) is 4.07. The van der Waals surface area contributed by atoms with E-state index in [9.17, 15) is 24.5 Å². The quantitative estimate of drug-likeness (QED) is 0.388. The largest absolute Gasteiger partial charge is 0.433 e. The van der Waals surface area contributed by atoms with E-state index in [1.165, 1.54) is 24.3 Å². The normalized spacial score (nSPS) is 16.3. The summed E-state index contributed by atoms with van der Waals surface area (Å²) in [6.07, 6.45) is 1.02. The van der Waals surface area contributed by atoms with Gasteiger partial charge in [-0.25, -0.2) is 9.69 Å². The van der Waals surface area contributed by atoms with Crippen molar-refractivity contribution >= 4 is 47.1 Å². The van der Waals surface area contributed by atoms with Crippen molar-refractivity contribution in [2.75, 3.05) is 4.90 Å².